The highest BCUT2D eigenvalue weighted by Gasteiger charge is 2.37. The summed E-state index contributed by atoms with van der Waals surface area (Å²) in [4.78, 5) is 24.7. The van der Waals surface area contributed by atoms with Crippen LogP contribution in [0.3, 0.4) is 0 Å². The first kappa shape index (κ1) is 18.6. The van der Waals surface area contributed by atoms with Crippen LogP contribution in [0.1, 0.15) is 24.8 Å². The van der Waals surface area contributed by atoms with Crippen LogP contribution in [-0.2, 0) is 30.8 Å². The van der Waals surface area contributed by atoms with Gasteiger partial charge >= 0.3 is 5.97 Å². The summed E-state index contributed by atoms with van der Waals surface area (Å²) < 4.78 is 28.8. The number of carbonyl (C=O) groups excluding carboxylic acids is 2. The van der Waals surface area contributed by atoms with Crippen LogP contribution in [0.15, 0.2) is 47.6 Å². The Balaban J connectivity index is 1.48. The topological polar surface area (TPSA) is 93.1 Å². The molecule has 2 aliphatic rings. The Morgan fingerprint density at radius 2 is 1.93 bits per heavy atom. The second-order valence-electron chi connectivity index (χ2n) is 7.06. The van der Waals surface area contributed by atoms with Crippen molar-refractivity contribution in [1.29, 1.82) is 0 Å². The van der Waals surface area contributed by atoms with Crippen LogP contribution in [0.2, 0.25) is 0 Å². The Morgan fingerprint density at radius 3 is 2.71 bits per heavy atom. The van der Waals surface area contributed by atoms with Gasteiger partial charge in [-0.2, -0.15) is 5.10 Å². The standard InChI is InChI=1S/C20H20N2O5S/c23-19-9-8-18(21-22(19)16-10-11-28(25,26)13-16)20(24)27-12-15-6-3-5-14-4-1-2-7-17(14)15/h1-7,16H,8-13H2/t16-/m1/s1. The van der Waals surface area contributed by atoms with E-state index in [9.17, 15) is 18.0 Å². The largest absolute Gasteiger partial charge is 0.456 e. The summed E-state index contributed by atoms with van der Waals surface area (Å²) >= 11 is 0. The fourth-order valence-electron chi connectivity index (χ4n) is 3.62. The lowest BCUT2D eigenvalue weighted by Gasteiger charge is -2.27. The molecule has 2 heterocycles. The average molecular weight is 400 g/mol. The molecule has 1 amide bonds. The van der Waals surface area contributed by atoms with Crippen molar-refractivity contribution in [2.24, 2.45) is 5.10 Å². The number of hydrazone groups is 1. The minimum absolute atomic E-state index is 0.0395. The number of ether oxygens (including phenoxy) is 1. The molecule has 2 aliphatic heterocycles. The van der Waals surface area contributed by atoms with Gasteiger partial charge in [0, 0.05) is 12.8 Å². The second-order valence-corrected chi connectivity index (χ2v) is 9.28. The number of hydrogen-bond donors (Lipinski definition) is 0. The van der Waals surface area contributed by atoms with Crippen LogP contribution in [0.4, 0.5) is 0 Å². The van der Waals surface area contributed by atoms with Crippen LogP contribution in [0, 0.1) is 0 Å². The summed E-state index contributed by atoms with van der Waals surface area (Å²) in [6.45, 7) is 0.102. The van der Waals surface area contributed by atoms with E-state index in [1.165, 1.54) is 5.01 Å². The van der Waals surface area contributed by atoms with Crippen molar-refractivity contribution in [3.05, 3.63) is 48.0 Å². The molecule has 2 aromatic carbocycles. The van der Waals surface area contributed by atoms with Crippen molar-refractivity contribution in [2.45, 2.75) is 31.9 Å². The first-order chi connectivity index (χ1) is 13.4. The van der Waals surface area contributed by atoms with Gasteiger partial charge < -0.3 is 4.74 Å². The van der Waals surface area contributed by atoms with Gasteiger partial charge in [0.1, 0.15) is 12.3 Å². The van der Waals surface area contributed by atoms with E-state index in [2.05, 4.69) is 5.10 Å². The highest BCUT2D eigenvalue weighted by molar-refractivity contribution is 7.91. The summed E-state index contributed by atoms with van der Waals surface area (Å²) in [6.07, 6.45) is 0.665. The van der Waals surface area contributed by atoms with E-state index < -0.39 is 21.8 Å². The summed E-state index contributed by atoms with van der Waals surface area (Å²) in [5.74, 6) is -0.905. The Hall–Kier alpha value is -2.74. The van der Waals surface area contributed by atoms with Gasteiger partial charge in [0.15, 0.2) is 9.84 Å². The van der Waals surface area contributed by atoms with E-state index in [4.69, 9.17) is 4.74 Å². The maximum absolute atomic E-state index is 12.5. The molecule has 28 heavy (non-hydrogen) atoms. The van der Waals surface area contributed by atoms with Crippen molar-refractivity contribution >= 4 is 38.2 Å². The molecule has 146 valence electrons. The fourth-order valence-corrected chi connectivity index (χ4v) is 5.31. The van der Waals surface area contributed by atoms with Crippen LogP contribution < -0.4 is 0 Å². The van der Waals surface area contributed by atoms with Crippen molar-refractivity contribution in [3.63, 3.8) is 0 Å². The zero-order chi connectivity index (χ0) is 19.7. The van der Waals surface area contributed by atoms with Crippen molar-refractivity contribution in [3.8, 4) is 0 Å². The SMILES string of the molecule is O=C(OCc1cccc2ccccc12)C1=NN([C@@H]2CCS(=O)(=O)C2)C(=O)CC1. The Morgan fingerprint density at radius 1 is 1.14 bits per heavy atom. The minimum atomic E-state index is -3.15. The molecule has 0 N–H and O–H groups in total. The molecular formula is C20H20N2O5S. The summed E-state index contributed by atoms with van der Waals surface area (Å²) in [5.41, 5.74) is 1.04. The van der Waals surface area contributed by atoms with Gasteiger partial charge in [-0.15, -0.1) is 0 Å². The van der Waals surface area contributed by atoms with E-state index in [-0.39, 0.29) is 42.6 Å². The highest BCUT2D eigenvalue weighted by atomic mass is 32.2. The smallest absolute Gasteiger partial charge is 0.354 e. The van der Waals surface area contributed by atoms with Crippen LogP contribution in [0.5, 0.6) is 0 Å². The third-order valence-corrected chi connectivity index (χ3v) is 6.84. The molecule has 0 unspecified atom stereocenters. The molecule has 1 fully saturated rings. The van der Waals surface area contributed by atoms with Gasteiger partial charge in [-0.1, -0.05) is 42.5 Å². The number of hydrogen-bond acceptors (Lipinski definition) is 6. The first-order valence-corrected chi connectivity index (χ1v) is 11.0. The monoisotopic (exact) mass is 400 g/mol. The second kappa shape index (κ2) is 7.35. The molecule has 8 heteroatoms. The lowest BCUT2D eigenvalue weighted by Crippen LogP contribution is -2.42. The fraction of sp³-hybridized carbons (Fsp3) is 0.350. The number of fused-ring (bicyclic) bond motifs is 1. The van der Waals surface area contributed by atoms with Gasteiger partial charge in [0.05, 0.1) is 17.5 Å². The van der Waals surface area contributed by atoms with Gasteiger partial charge in [-0.3, -0.25) is 4.79 Å². The summed E-state index contributed by atoms with van der Waals surface area (Å²) in [7, 11) is -3.15. The molecule has 4 rings (SSSR count). The highest BCUT2D eigenvalue weighted by Crippen LogP contribution is 2.23. The zero-order valence-corrected chi connectivity index (χ0v) is 16.0. The van der Waals surface area contributed by atoms with E-state index in [1.807, 2.05) is 42.5 Å². The molecule has 0 aliphatic carbocycles. The molecule has 1 atom stereocenters. The lowest BCUT2D eigenvalue weighted by atomic mass is 10.1. The molecule has 0 radical (unpaired) electrons. The van der Waals surface area contributed by atoms with Gasteiger partial charge in [-0.25, -0.2) is 18.2 Å². The van der Waals surface area contributed by atoms with Crippen LogP contribution in [0.25, 0.3) is 10.8 Å². The summed E-state index contributed by atoms with van der Waals surface area (Å²) in [5, 5.41) is 7.39. The number of esters is 1. The van der Waals surface area contributed by atoms with E-state index in [1.54, 1.807) is 0 Å². The van der Waals surface area contributed by atoms with Crippen molar-refractivity contribution < 1.29 is 22.7 Å². The van der Waals surface area contributed by atoms with E-state index >= 15 is 0 Å². The van der Waals surface area contributed by atoms with Crippen LogP contribution in [-0.4, -0.2) is 48.6 Å². The maximum Gasteiger partial charge on any atom is 0.354 e. The Bertz CT molecular complexity index is 1070. The molecular weight excluding hydrogens is 380 g/mol. The molecule has 0 saturated carbocycles. The van der Waals surface area contributed by atoms with E-state index in [0.29, 0.717) is 6.42 Å². The predicted octanol–water partition coefficient (Wildman–Crippen LogP) is 2.05. The Labute approximate surface area is 162 Å². The lowest BCUT2D eigenvalue weighted by molar-refractivity contribution is -0.138. The molecule has 7 nitrogen and oxygen atoms in total. The van der Waals surface area contributed by atoms with Crippen molar-refractivity contribution in [1.82, 2.24) is 5.01 Å². The van der Waals surface area contributed by atoms with Crippen molar-refractivity contribution in [2.75, 3.05) is 11.5 Å². The third kappa shape index (κ3) is 3.77. The maximum atomic E-state index is 12.5. The molecule has 0 spiro atoms. The number of rotatable bonds is 4. The summed E-state index contributed by atoms with van der Waals surface area (Å²) in [6, 6.07) is 13.1. The number of carbonyl (C=O) groups is 2. The number of benzene rings is 2. The number of amides is 1. The zero-order valence-electron chi connectivity index (χ0n) is 15.2. The molecule has 2 aromatic rings. The quantitative estimate of drug-likeness (QED) is 0.733. The van der Waals surface area contributed by atoms with E-state index in [0.717, 1.165) is 16.3 Å². The minimum Gasteiger partial charge on any atom is -0.456 e. The number of sulfone groups is 1. The first-order valence-electron chi connectivity index (χ1n) is 9.17. The Kier molecular flexibility index (Phi) is 4.89. The van der Waals surface area contributed by atoms with Gasteiger partial charge in [-0.05, 0) is 22.8 Å². The number of nitrogens with zero attached hydrogens (tertiary/aromatic N) is 2. The van der Waals surface area contributed by atoms with Crippen LogP contribution >= 0.6 is 0 Å². The third-order valence-electron chi connectivity index (χ3n) is 5.09. The predicted molar refractivity (Wildman–Crippen MR) is 104 cm³/mol. The average Bonchev–Trinajstić information content (AvgIpc) is 3.06. The van der Waals surface area contributed by atoms with Gasteiger partial charge in [0.2, 0.25) is 5.91 Å². The molecule has 0 bridgehead atoms. The van der Waals surface area contributed by atoms with Gasteiger partial charge in [0.25, 0.3) is 0 Å². The molecule has 0 aromatic heterocycles. The normalized spacial score (nSPS) is 21.6. The molecule has 1 saturated heterocycles.